The highest BCUT2D eigenvalue weighted by atomic mass is 15.2. The van der Waals surface area contributed by atoms with Gasteiger partial charge in [-0.2, -0.15) is 0 Å². The van der Waals surface area contributed by atoms with Crippen LogP contribution in [0.2, 0.25) is 0 Å². The summed E-state index contributed by atoms with van der Waals surface area (Å²) in [7, 11) is 0. The lowest BCUT2D eigenvalue weighted by atomic mass is 9.89. The van der Waals surface area contributed by atoms with Crippen LogP contribution in [0.4, 0.5) is 5.82 Å². The maximum absolute atomic E-state index is 4.52. The summed E-state index contributed by atoms with van der Waals surface area (Å²) >= 11 is 0. The predicted molar refractivity (Wildman–Crippen MR) is 78.7 cm³/mol. The minimum Gasteiger partial charge on any atom is -0.368 e. The molecule has 2 aromatic rings. The standard InChI is InChI=1S/C15H21N5/c1-2-4-11(5-3-1)8-16-14-13-15(18-9-17-14)20(10-19-13)12-6-7-12/h9-12H,1-8H2,(H,16,17,18). The third-order valence-electron chi connectivity index (χ3n) is 4.58. The van der Waals surface area contributed by atoms with Crippen molar-refractivity contribution in [1.29, 1.82) is 0 Å². The smallest absolute Gasteiger partial charge is 0.165 e. The normalized spacial score (nSPS) is 20.4. The lowest BCUT2D eigenvalue weighted by Crippen LogP contribution is -2.17. The Morgan fingerprint density at radius 3 is 2.70 bits per heavy atom. The van der Waals surface area contributed by atoms with Crippen LogP contribution >= 0.6 is 0 Å². The molecule has 5 nitrogen and oxygen atoms in total. The SMILES string of the molecule is c1nc(NCC2CCCCC2)c2ncn(C3CC3)c2n1. The second-order valence-corrected chi connectivity index (χ2v) is 6.16. The Morgan fingerprint density at radius 1 is 1.05 bits per heavy atom. The number of anilines is 1. The molecule has 0 spiro atoms. The summed E-state index contributed by atoms with van der Waals surface area (Å²) < 4.78 is 2.20. The summed E-state index contributed by atoms with van der Waals surface area (Å²) in [6.07, 6.45) is 12.9. The van der Waals surface area contributed by atoms with E-state index in [1.807, 2.05) is 6.33 Å². The number of nitrogens with one attached hydrogen (secondary N) is 1. The van der Waals surface area contributed by atoms with Crippen molar-refractivity contribution < 1.29 is 0 Å². The van der Waals surface area contributed by atoms with Crippen LogP contribution in [-0.4, -0.2) is 26.1 Å². The van der Waals surface area contributed by atoms with Crippen molar-refractivity contribution in [2.24, 2.45) is 5.92 Å². The molecule has 4 rings (SSSR count). The fraction of sp³-hybridized carbons (Fsp3) is 0.667. The molecular formula is C15H21N5. The second-order valence-electron chi connectivity index (χ2n) is 6.16. The van der Waals surface area contributed by atoms with E-state index in [1.165, 1.54) is 44.9 Å². The molecular weight excluding hydrogens is 250 g/mol. The van der Waals surface area contributed by atoms with Gasteiger partial charge in [0.1, 0.15) is 11.8 Å². The van der Waals surface area contributed by atoms with E-state index in [1.54, 1.807) is 6.33 Å². The number of hydrogen-bond acceptors (Lipinski definition) is 4. The highest BCUT2D eigenvalue weighted by molar-refractivity contribution is 5.82. The first kappa shape index (κ1) is 12.1. The molecule has 2 saturated carbocycles. The Kier molecular flexibility index (Phi) is 3.05. The summed E-state index contributed by atoms with van der Waals surface area (Å²) in [6.45, 7) is 1.02. The quantitative estimate of drug-likeness (QED) is 0.928. The minimum atomic E-state index is 0.612. The second kappa shape index (κ2) is 5.04. The first-order chi connectivity index (χ1) is 9.92. The molecule has 2 fully saturated rings. The zero-order valence-electron chi connectivity index (χ0n) is 11.8. The lowest BCUT2D eigenvalue weighted by Gasteiger charge is -2.21. The number of nitrogens with zero attached hydrogens (tertiary/aromatic N) is 4. The van der Waals surface area contributed by atoms with E-state index in [0.717, 1.165) is 29.4 Å². The number of aromatic nitrogens is 4. The topological polar surface area (TPSA) is 55.6 Å². The van der Waals surface area contributed by atoms with E-state index >= 15 is 0 Å². The summed E-state index contributed by atoms with van der Waals surface area (Å²) in [5.74, 6) is 1.69. The highest BCUT2D eigenvalue weighted by Crippen LogP contribution is 2.37. The molecule has 0 radical (unpaired) electrons. The molecule has 1 N–H and O–H groups in total. The van der Waals surface area contributed by atoms with Crippen molar-refractivity contribution in [3.63, 3.8) is 0 Å². The first-order valence-corrected chi connectivity index (χ1v) is 7.83. The van der Waals surface area contributed by atoms with E-state index in [-0.39, 0.29) is 0 Å². The fourth-order valence-corrected chi connectivity index (χ4v) is 3.23. The van der Waals surface area contributed by atoms with E-state index in [2.05, 4.69) is 24.8 Å². The summed E-state index contributed by atoms with van der Waals surface area (Å²) in [5, 5.41) is 3.50. The Labute approximate surface area is 118 Å². The van der Waals surface area contributed by atoms with Gasteiger partial charge in [0.15, 0.2) is 11.5 Å². The van der Waals surface area contributed by atoms with E-state index in [4.69, 9.17) is 0 Å². The van der Waals surface area contributed by atoms with Gasteiger partial charge in [-0.25, -0.2) is 15.0 Å². The van der Waals surface area contributed by atoms with Crippen LogP contribution in [-0.2, 0) is 0 Å². The lowest BCUT2D eigenvalue weighted by molar-refractivity contribution is 0.373. The van der Waals surface area contributed by atoms with Crippen molar-refractivity contribution in [3.05, 3.63) is 12.7 Å². The van der Waals surface area contributed by atoms with Crippen molar-refractivity contribution in [2.45, 2.75) is 51.0 Å². The molecule has 5 heteroatoms. The molecule has 2 heterocycles. The van der Waals surface area contributed by atoms with Crippen molar-refractivity contribution in [2.75, 3.05) is 11.9 Å². The molecule has 0 amide bonds. The maximum atomic E-state index is 4.52. The van der Waals surface area contributed by atoms with Gasteiger partial charge < -0.3 is 9.88 Å². The fourth-order valence-electron chi connectivity index (χ4n) is 3.23. The maximum Gasteiger partial charge on any atom is 0.165 e. The summed E-state index contributed by atoms with van der Waals surface area (Å²) in [5.41, 5.74) is 1.91. The highest BCUT2D eigenvalue weighted by Gasteiger charge is 2.26. The van der Waals surface area contributed by atoms with Crippen LogP contribution in [0.5, 0.6) is 0 Å². The summed E-state index contributed by atoms with van der Waals surface area (Å²) in [6, 6.07) is 0.612. The van der Waals surface area contributed by atoms with Crippen molar-refractivity contribution >= 4 is 17.0 Å². The van der Waals surface area contributed by atoms with Gasteiger partial charge in [-0.05, 0) is 31.6 Å². The van der Waals surface area contributed by atoms with Gasteiger partial charge >= 0.3 is 0 Å². The Morgan fingerprint density at radius 2 is 1.90 bits per heavy atom. The van der Waals surface area contributed by atoms with Gasteiger partial charge in [0.25, 0.3) is 0 Å². The molecule has 106 valence electrons. The number of fused-ring (bicyclic) bond motifs is 1. The molecule has 0 unspecified atom stereocenters. The molecule has 0 aromatic carbocycles. The van der Waals surface area contributed by atoms with Gasteiger partial charge in [-0.1, -0.05) is 19.3 Å². The molecule has 2 aromatic heterocycles. The Bertz CT molecular complexity index is 595. The van der Waals surface area contributed by atoms with Crippen LogP contribution < -0.4 is 5.32 Å². The summed E-state index contributed by atoms with van der Waals surface area (Å²) in [4.78, 5) is 13.3. The van der Waals surface area contributed by atoms with Crippen LogP contribution in [0.1, 0.15) is 51.0 Å². The molecule has 0 saturated heterocycles. The van der Waals surface area contributed by atoms with E-state index < -0.39 is 0 Å². The Balaban J connectivity index is 1.53. The van der Waals surface area contributed by atoms with Gasteiger partial charge in [-0.15, -0.1) is 0 Å². The molecule has 0 aliphatic heterocycles. The molecule has 20 heavy (non-hydrogen) atoms. The van der Waals surface area contributed by atoms with Crippen LogP contribution in [0.15, 0.2) is 12.7 Å². The Hall–Kier alpha value is -1.65. The van der Waals surface area contributed by atoms with Gasteiger partial charge in [0.05, 0.1) is 6.33 Å². The van der Waals surface area contributed by atoms with E-state index in [0.29, 0.717) is 6.04 Å². The van der Waals surface area contributed by atoms with Crippen LogP contribution in [0.25, 0.3) is 11.2 Å². The third-order valence-corrected chi connectivity index (χ3v) is 4.58. The average Bonchev–Trinajstić information content (AvgIpc) is 3.25. The minimum absolute atomic E-state index is 0.612. The number of rotatable bonds is 4. The number of imidazole rings is 1. The largest absolute Gasteiger partial charge is 0.368 e. The number of hydrogen-bond donors (Lipinski definition) is 1. The molecule has 2 aliphatic carbocycles. The van der Waals surface area contributed by atoms with Gasteiger partial charge in [0.2, 0.25) is 0 Å². The third kappa shape index (κ3) is 2.25. The monoisotopic (exact) mass is 271 g/mol. The average molecular weight is 271 g/mol. The predicted octanol–water partition coefficient (Wildman–Crippen LogP) is 3.15. The van der Waals surface area contributed by atoms with Gasteiger partial charge in [-0.3, -0.25) is 0 Å². The first-order valence-electron chi connectivity index (χ1n) is 7.83. The molecule has 0 atom stereocenters. The van der Waals surface area contributed by atoms with Crippen LogP contribution in [0.3, 0.4) is 0 Å². The van der Waals surface area contributed by atoms with Crippen LogP contribution in [0, 0.1) is 5.92 Å². The zero-order valence-corrected chi connectivity index (χ0v) is 11.8. The zero-order chi connectivity index (χ0) is 13.4. The van der Waals surface area contributed by atoms with E-state index in [9.17, 15) is 0 Å². The molecule has 2 aliphatic rings. The van der Waals surface area contributed by atoms with Gasteiger partial charge in [0, 0.05) is 12.6 Å². The van der Waals surface area contributed by atoms with Crippen molar-refractivity contribution in [1.82, 2.24) is 19.5 Å². The molecule has 0 bridgehead atoms. The van der Waals surface area contributed by atoms with Crippen molar-refractivity contribution in [3.8, 4) is 0 Å².